The van der Waals surface area contributed by atoms with E-state index in [1.165, 1.54) is 13.2 Å². The number of allylic oxidation sites excluding steroid dienone is 1. The highest BCUT2D eigenvalue weighted by Crippen LogP contribution is 2.33. The third-order valence-electron chi connectivity index (χ3n) is 4.15. The van der Waals surface area contributed by atoms with E-state index in [-0.39, 0.29) is 11.7 Å². The van der Waals surface area contributed by atoms with Crippen molar-refractivity contribution in [3.05, 3.63) is 64.3 Å². The van der Waals surface area contributed by atoms with E-state index in [1.807, 2.05) is 0 Å². The molecule has 1 unspecified atom stereocenters. The van der Waals surface area contributed by atoms with Crippen LogP contribution < -0.4 is 20.7 Å². The fourth-order valence-electron chi connectivity index (χ4n) is 2.85. The van der Waals surface area contributed by atoms with Crippen LogP contribution in [-0.2, 0) is 4.79 Å². The van der Waals surface area contributed by atoms with E-state index in [9.17, 15) is 9.90 Å². The van der Waals surface area contributed by atoms with E-state index >= 15 is 0 Å². The Morgan fingerprint density at radius 3 is 2.63 bits per heavy atom. The first-order valence-corrected chi connectivity index (χ1v) is 8.89. The van der Waals surface area contributed by atoms with Crippen molar-refractivity contribution in [3.8, 4) is 11.5 Å². The molecule has 1 aliphatic rings. The number of hydrogen-bond acceptors (Lipinski definition) is 4. The smallest absolute Gasteiger partial charge is 0.255 e. The molecule has 2 aromatic rings. The highest BCUT2D eigenvalue weighted by molar-refractivity contribution is 7.80. The molecule has 1 aliphatic heterocycles. The minimum Gasteiger partial charge on any atom is -0.504 e. The van der Waals surface area contributed by atoms with Gasteiger partial charge < -0.3 is 25.8 Å². The molecule has 0 saturated heterocycles. The maximum Gasteiger partial charge on any atom is 0.255 e. The molecule has 0 bridgehead atoms. The van der Waals surface area contributed by atoms with Gasteiger partial charge in [0.05, 0.1) is 18.7 Å². The lowest BCUT2D eigenvalue weighted by Gasteiger charge is -2.30. The van der Waals surface area contributed by atoms with Gasteiger partial charge >= 0.3 is 0 Å². The van der Waals surface area contributed by atoms with Crippen molar-refractivity contribution in [2.45, 2.75) is 13.0 Å². The van der Waals surface area contributed by atoms with Gasteiger partial charge in [-0.25, -0.2) is 0 Å². The van der Waals surface area contributed by atoms with Gasteiger partial charge in [0, 0.05) is 16.4 Å². The monoisotopic (exact) mass is 403 g/mol. The van der Waals surface area contributed by atoms with E-state index in [2.05, 4.69) is 16.0 Å². The first kappa shape index (κ1) is 19.0. The molecule has 0 radical (unpaired) electrons. The van der Waals surface area contributed by atoms with Gasteiger partial charge in [-0.05, 0) is 61.1 Å². The average Bonchev–Trinajstić information content (AvgIpc) is 2.63. The maximum atomic E-state index is 13.0. The van der Waals surface area contributed by atoms with Gasteiger partial charge in [0.25, 0.3) is 5.91 Å². The van der Waals surface area contributed by atoms with Crippen LogP contribution in [0.25, 0.3) is 0 Å². The number of carbonyl (C=O) groups is 1. The zero-order valence-corrected chi connectivity index (χ0v) is 16.2. The quantitative estimate of drug-likeness (QED) is 0.585. The Balaban J connectivity index is 1.96. The van der Waals surface area contributed by atoms with Crippen LogP contribution in [0.5, 0.6) is 11.5 Å². The predicted molar refractivity (Wildman–Crippen MR) is 109 cm³/mol. The molecule has 1 heterocycles. The average molecular weight is 404 g/mol. The highest BCUT2D eigenvalue weighted by Gasteiger charge is 2.30. The Bertz CT molecular complexity index is 928. The van der Waals surface area contributed by atoms with Gasteiger partial charge in [-0.15, -0.1) is 0 Å². The lowest BCUT2D eigenvalue weighted by molar-refractivity contribution is -0.113. The molecule has 8 heteroatoms. The first-order valence-electron chi connectivity index (χ1n) is 8.11. The van der Waals surface area contributed by atoms with Gasteiger partial charge in [-0.2, -0.15) is 0 Å². The Hall–Kier alpha value is -2.77. The number of amides is 1. The molecule has 6 nitrogen and oxygen atoms in total. The molecule has 0 aromatic heterocycles. The van der Waals surface area contributed by atoms with Gasteiger partial charge in [0.1, 0.15) is 0 Å². The number of anilines is 1. The summed E-state index contributed by atoms with van der Waals surface area (Å²) in [5.41, 5.74) is 2.47. The number of carbonyl (C=O) groups excluding carboxylic acids is 1. The molecule has 1 amide bonds. The number of nitrogens with one attached hydrogen (secondary N) is 3. The number of benzene rings is 2. The van der Waals surface area contributed by atoms with Crippen LogP contribution in [0.2, 0.25) is 5.02 Å². The van der Waals surface area contributed by atoms with Crippen molar-refractivity contribution < 1.29 is 14.6 Å². The molecular weight excluding hydrogens is 386 g/mol. The van der Waals surface area contributed by atoms with E-state index in [0.29, 0.717) is 32.8 Å². The number of phenolic OH excluding ortho intramolecular Hbond substituents is 1. The second-order valence-electron chi connectivity index (χ2n) is 5.96. The van der Waals surface area contributed by atoms with Crippen LogP contribution in [0.1, 0.15) is 18.5 Å². The minimum absolute atomic E-state index is 0.0191. The molecule has 3 rings (SSSR count). The molecular formula is C19H18ClN3O3S. The zero-order valence-electron chi connectivity index (χ0n) is 14.7. The van der Waals surface area contributed by atoms with E-state index in [4.69, 9.17) is 28.6 Å². The highest BCUT2D eigenvalue weighted by atomic mass is 35.5. The summed E-state index contributed by atoms with van der Waals surface area (Å²) in [5.74, 6) is 0.0499. The molecule has 140 valence electrons. The maximum absolute atomic E-state index is 13.0. The number of thiocarbonyl (C=S) groups is 1. The summed E-state index contributed by atoms with van der Waals surface area (Å²) in [6.45, 7) is 1.79. The Morgan fingerprint density at radius 2 is 1.96 bits per heavy atom. The van der Waals surface area contributed by atoms with E-state index in [1.54, 1.807) is 43.3 Å². The number of ether oxygens (including phenoxy) is 1. The number of hydrogen-bond donors (Lipinski definition) is 4. The summed E-state index contributed by atoms with van der Waals surface area (Å²) in [4.78, 5) is 13.0. The first-order chi connectivity index (χ1) is 12.9. The Labute approximate surface area is 167 Å². The van der Waals surface area contributed by atoms with Crippen LogP contribution in [-0.4, -0.2) is 23.2 Å². The van der Waals surface area contributed by atoms with Crippen molar-refractivity contribution in [1.82, 2.24) is 10.6 Å². The van der Waals surface area contributed by atoms with Crippen molar-refractivity contribution in [3.63, 3.8) is 0 Å². The number of methoxy groups -OCH3 is 1. The van der Waals surface area contributed by atoms with Crippen LogP contribution in [0.15, 0.2) is 53.7 Å². The topological polar surface area (TPSA) is 82.6 Å². The largest absolute Gasteiger partial charge is 0.504 e. The van der Waals surface area contributed by atoms with Crippen LogP contribution >= 0.6 is 23.8 Å². The van der Waals surface area contributed by atoms with Crippen LogP contribution in [0, 0.1) is 0 Å². The Kier molecular flexibility index (Phi) is 5.53. The second kappa shape index (κ2) is 7.85. The van der Waals surface area contributed by atoms with Crippen LogP contribution in [0.4, 0.5) is 5.69 Å². The fraction of sp³-hybridized carbons (Fsp3) is 0.158. The summed E-state index contributed by atoms with van der Waals surface area (Å²) < 4.78 is 5.18. The SMILES string of the molecule is COc1cc(C2NC(=S)NC(C)=C2C(=O)Nc2ccc(Cl)cc2)ccc1O. The summed E-state index contributed by atoms with van der Waals surface area (Å²) in [6, 6.07) is 11.3. The van der Waals surface area contributed by atoms with Crippen molar-refractivity contribution in [2.75, 3.05) is 12.4 Å². The molecule has 4 N–H and O–H groups in total. The number of aromatic hydroxyl groups is 1. The lowest BCUT2D eigenvalue weighted by atomic mass is 9.94. The predicted octanol–water partition coefficient (Wildman–Crippen LogP) is 3.49. The second-order valence-corrected chi connectivity index (χ2v) is 6.81. The number of phenols is 1. The summed E-state index contributed by atoms with van der Waals surface area (Å²) in [7, 11) is 1.47. The zero-order chi connectivity index (χ0) is 19.6. The van der Waals surface area contributed by atoms with Gasteiger partial charge in [-0.3, -0.25) is 4.79 Å². The summed E-state index contributed by atoms with van der Waals surface area (Å²) in [5, 5.41) is 19.8. The Morgan fingerprint density at radius 1 is 1.26 bits per heavy atom. The van der Waals surface area contributed by atoms with Crippen molar-refractivity contribution >= 4 is 40.5 Å². The molecule has 2 aromatic carbocycles. The molecule has 0 spiro atoms. The van der Waals surface area contributed by atoms with E-state index in [0.717, 1.165) is 5.56 Å². The summed E-state index contributed by atoms with van der Waals surface area (Å²) in [6.07, 6.45) is 0. The van der Waals surface area contributed by atoms with Gasteiger partial charge in [0.2, 0.25) is 0 Å². The van der Waals surface area contributed by atoms with E-state index < -0.39 is 6.04 Å². The molecule has 0 saturated carbocycles. The molecule has 0 aliphatic carbocycles. The van der Waals surface area contributed by atoms with Gasteiger partial charge in [0.15, 0.2) is 16.6 Å². The fourth-order valence-corrected chi connectivity index (χ4v) is 3.25. The summed E-state index contributed by atoms with van der Waals surface area (Å²) >= 11 is 11.1. The standard InChI is InChI=1S/C19H18ClN3O3S/c1-10-16(18(25)22-13-6-4-12(20)5-7-13)17(23-19(27)21-10)11-3-8-14(24)15(9-11)26-2/h3-9,17,24H,1-2H3,(H,22,25)(H2,21,23,27). The normalized spacial score (nSPS) is 16.4. The molecule has 0 fully saturated rings. The van der Waals surface area contributed by atoms with Crippen molar-refractivity contribution in [1.29, 1.82) is 0 Å². The molecule has 1 atom stereocenters. The lowest BCUT2D eigenvalue weighted by Crippen LogP contribution is -2.45. The number of halogens is 1. The third kappa shape index (κ3) is 4.15. The van der Waals surface area contributed by atoms with Gasteiger partial charge in [-0.1, -0.05) is 17.7 Å². The minimum atomic E-state index is -0.499. The van der Waals surface area contributed by atoms with Crippen LogP contribution in [0.3, 0.4) is 0 Å². The third-order valence-corrected chi connectivity index (χ3v) is 4.62. The molecule has 27 heavy (non-hydrogen) atoms. The number of rotatable bonds is 4. The van der Waals surface area contributed by atoms with Crippen molar-refractivity contribution in [2.24, 2.45) is 0 Å².